The maximum Gasteiger partial charge on any atom is 0.333 e. The molecule has 88 heavy (non-hydrogen) atoms. The third kappa shape index (κ3) is 13.1. The van der Waals surface area contributed by atoms with E-state index in [-0.39, 0.29) is 52.9 Å². The van der Waals surface area contributed by atoms with Crippen LogP contribution in [0.4, 0.5) is 0 Å². The monoisotopic (exact) mass is 1180 g/mol. The van der Waals surface area contributed by atoms with Gasteiger partial charge in [-0.1, -0.05) is 172 Å². The second kappa shape index (κ2) is 27.9. The number of hydrogen-bond acceptors (Lipinski definition) is 12. The van der Waals surface area contributed by atoms with Gasteiger partial charge in [0, 0.05) is 22.3 Å². The molecule has 0 amide bonds. The summed E-state index contributed by atoms with van der Waals surface area (Å²) in [6.07, 6.45) is 0. The minimum atomic E-state index is -0.589. The molecular formula is C76H72O12. The number of fused-ring (bicyclic) bond motifs is 6. The number of carbonyl (C=O) groups is 4. The molecule has 0 fully saturated rings. The normalized spacial score (nSPS) is 12.4. The highest BCUT2D eigenvalue weighted by Gasteiger charge is 2.47. The number of benzene rings is 8. The van der Waals surface area contributed by atoms with Gasteiger partial charge in [-0.2, -0.15) is 0 Å². The van der Waals surface area contributed by atoms with E-state index in [1.54, 1.807) is 27.7 Å². The van der Waals surface area contributed by atoms with E-state index in [1.807, 2.05) is 50.2 Å². The quantitative estimate of drug-likeness (QED) is 0.0246. The fourth-order valence-corrected chi connectivity index (χ4v) is 11.4. The first-order valence-electron chi connectivity index (χ1n) is 29.1. The van der Waals surface area contributed by atoms with Crippen LogP contribution in [0, 0.1) is 13.8 Å². The topological polar surface area (TPSA) is 142 Å². The summed E-state index contributed by atoms with van der Waals surface area (Å²) in [5.41, 5.74) is 16.2. The van der Waals surface area contributed by atoms with E-state index in [9.17, 15) is 19.2 Å². The van der Waals surface area contributed by atoms with Crippen LogP contribution in [-0.4, -0.2) is 76.7 Å². The summed E-state index contributed by atoms with van der Waals surface area (Å²) in [5.74, 6) is 1.11. The van der Waals surface area contributed by atoms with Gasteiger partial charge in [0.15, 0.2) is 0 Å². The zero-order valence-electron chi connectivity index (χ0n) is 50.7. The van der Waals surface area contributed by atoms with Crippen molar-refractivity contribution in [3.8, 4) is 45.3 Å². The molecule has 10 rings (SSSR count). The van der Waals surface area contributed by atoms with Crippen LogP contribution in [0.5, 0.6) is 23.0 Å². The van der Waals surface area contributed by atoms with E-state index in [0.717, 1.165) is 44.9 Å². The highest BCUT2D eigenvalue weighted by atomic mass is 16.6. The van der Waals surface area contributed by atoms with Crippen molar-refractivity contribution in [1.82, 2.24) is 0 Å². The Kier molecular flexibility index (Phi) is 19.8. The molecule has 0 unspecified atom stereocenters. The second-order valence-corrected chi connectivity index (χ2v) is 21.8. The number of carbonyl (C=O) groups excluding carboxylic acids is 4. The molecule has 0 aliphatic heterocycles. The fraction of sp³-hybridized carbons (Fsp3) is 0.211. The Morgan fingerprint density at radius 1 is 0.318 bits per heavy atom. The van der Waals surface area contributed by atoms with Gasteiger partial charge < -0.3 is 37.9 Å². The summed E-state index contributed by atoms with van der Waals surface area (Å²) in [4.78, 5) is 46.8. The molecule has 12 nitrogen and oxygen atoms in total. The molecule has 12 heteroatoms. The lowest BCUT2D eigenvalue weighted by Crippen LogP contribution is -2.29. The van der Waals surface area contributed by atoms with Gasteiger partial charge in [-0.3, -0.25) is 0 Å². The van der Waals surface area contributed by atoms with E-state index >= 15 is 0 Å². The summed E-state index contributed by atoms with van der Waals surface area (Å²) in [7, 11) is 0. The first-order valence-corrected chi connectivity index (χ1v) is 29.1. The van der Waals surface area contributed by atoms with E-state index in [0.29, 0.717) is 33.8 Å². The first kappa shape index (κ1) is 62.3. The molecule has 0 aromatic heterocycles. The van der Waals surface area contributed by atoms with Crippen molar-refractivity contribution in [3.05, 3.63) is 286 Å². The van der Waals surface area contributed by atoms with Crippen LogP contribution in [0.1, 0.15) is 83.3 Å². The van der Waals surface area contributed by atoms with Crippen LogP contribution in [0.15, 0.2) is 231 Å². The van der Waals surface area contributed by atoms with E-state index < -0.39 is 34.7 Å². The highest BCUT2D eigenvalue weighted by Crippen LogP contribution is 2.58. The fourth-order valence-electron chi connectivity index (χ4n) is 11.4. The second-order valence-electron chi connectivity index (χ2n) is 21.8. The maximum absolute atomic E-state index is 11.7. The average Bonchev–Trinajstić information content (AvgIpc) is 1.54. The number of hydrogen-bond donors (Lipinski definition) is 0. The lowest BCUT2D eigenvalue weighted by Gasteiger charge is -2.34. The summed E-state index contributed by atoms with van der Waals surface area (Å²) in [6.45, 7) is 26.5. The number of esters is 4. The molecule has 2 aliphatic carbocycles. The Bertz CT molecular complexity index is 3690. The lowest BCUT2D eigenvalue weighted by atomic mass is 9.67. The summed E-state index contributed by atoms with van der Waals surface area (Å²) in [5, 5.41) is 0. The Labute approximate surface area is 515 Å². The highest BCUT2D eigenvalue weighted by molar-refractivity contribution is 5.90. The molecule has 8 aromatic rings. The van der Waals surface area contributed by atoms with Crippen LogP contribution in [0.25, 0.3) is 22.3 Å². The van der Waals surface area contributed by atoms with Crippen LogP contribution >= 0.6 is 0 Å². The van der Waals surface area contributed by atoms with Crippen LogP contribution in [0.3, 0.4) is 0 Å². The molecule has 0 N–H and O–H groups in total. The zero-order valence-corrected chi connectivity index (χ0v) is 50.7. The SMILES string of the molecule is C=C(C)C(=O)OCCOc1ccc(C2(c3ccc(OCCOC(=O)C(=C)C)c(C)c3)c3ccccc3-c3ccccc32)cc1C.C=C(C)C(=O)OCCOc1ccc(C2(c3ccc(OCCOC(=O)C(=C)C)cc3)c3ccccc3-c3ccccc32)cc1. The first-order chi connectivity index (χ1) is 42.5. The third-order valence-corrected chi connectivity index (χ3v) is 15.4. The maximum atomic E-state index is 11.7. The minimum Gasteiger partial charge on any atom is -0.490 e. The summed E-state index contributed by atoms with van der Waals surface area (Å²) in [6, 6.07) is 62.9. The van der Waals surface area contributed by atoms with Crippen molar-refractivity contribution in [2.45, 2.75) is 52.4 Å². The van der Waals surface area contributed by atoms with Gasteiger partial charge in [-0.15, -0.1) is 0 Å². The van der Waals surface area contributed by atoms with Gasteiger partial charge in [0.1, 0.15) is 75.9 Å². The van der Waals surface area contributed by atoms with E-state index in [4.69, 9.17) is 37.9 Å². The standard InChI is InChI=1S/C39H38O6.C37H34O6/c1-25(2)37(40)44-21-19-42-35-17-15-29(23-27(35)5)39(33-13-9-7-11-31(33)32-12-8-10-14-34(32)39)30-16-18-36(28(6)24-30)43-20-22-45-38(41)26(3)4;1-25(2)35(38)42-23-21-40-29-17-13-27(14-18-29)37(33-11-7-5-9-31(33)32-10-6-8-12-34(32)37)28-15-19-30(20-16-28)41-22-24-43-36(39)26(3)4/h7-18,23-24H,1,3,19-22H2,2,4-6H3;5-20H,1,3,21-24H2,2,4H3. The van der Waals surface area contributed by atoms with Crippen LogP contribution < -0.4 is 18.9 Å². The van der Waals surface area contributed by atoms with E-state index in [2.05, 4.69) is 172 Å². The average molecular weight is 1180 g/mol. The molecule has 0 radical (unpaired) electrons. The zero-order chi connectivity index (χ0) is 62.5. The summed E-state index contributed by atoms with van der Waals surface area (Å²) < 4.78 is 44.4. The van der Waals surface area contributed by atoms with Gasteiger partial charge in [0.2, 0.25) is 0 Å². The van der Waals surface area contributed by atoms with Gasteiger partial charge in [-0.05, 0) is 156 Å². The Balaban J connectivity index is 0.000000210. The predicted molar refractivity (Wildman–Crippen MR) is 342 cm³/mol. The molecule has 0 bridgehead atoms. The van der Waals surface area contributed by atoms with Crippen molar-refractivity contribution in [3.63, 3.8) is 0 Å². The number of ether oxygens (including phenoxy) is 8. The van der Waals surface area contributed by atoms with Gasteiger partial charge in [0.05, 0.1) is 10.8 Å². The smallest absolute Gasteiger partial charge is 0.333 e. The summed E-state index contributed by atoms with van der Waals surface area (Å²) >= 11 is 0. The third-order valence-electron chi connectivity index (χ3n) is 15.4. The van der Waals surface area contributed by atoms with Gasteiger partial charge >= 0.3 is 23.9 Å². The Morgan fingerprint density at radius 2 is 0.568 bits per heavy atom. The van der Waals surface area contributed by atoms with Crippen LogP contribution in [-0.2, 0) is 49.0 Å². The number of rotatable bonds is 24. The lowest BCUT2D eigenvalue weighted by molar-refractivity contribution is -0.140. The van der Waals surface area contributed by atoms with E-state index in [1.165, 1.54) is 44.5 Å². The molecule has 448 valence electrons. The van der Waals surface area contributed by atoms with Crippen LogP contribution in [0.2, 0.25) is 0 Å². The minimum absolute atomic E-state index is 0.140. The molecular weight excluding hydrogens is 1100 g/mol. The molecule has 0 saturated heterocycles. The largest absolute Gasteiger partial charge is 0.490 e. The molecule has 2 aliphatic rings. The van der Waals surface area contributed by atoms with Gasteiger partial charge in [0.25, 0.3) is 0 Å². The molecule has 0 saturated carbocycles. The molecule has 0 atom stereocenters. The molecule has 0 heterocycles. The van der Waals surface area contributed by atoms with Crippen molar-refractivity contribution in [1.29, 1.82) is 0 Å². The van der Waals surface area contributed by atoms with Crippen molar-refractivity contribution in [2.24, 2.45) is 0 Å². The van der Waals surface area contributed by atoms with Crippen molar-refractivity contribution < 1.29 is 57.1 Å². The molecule has 8 aromatic carbocycles. The predicted octanol–water partition coefficient (Wildman–Crippen LogP) is 14.7. The van der Waals surface area contributed by atoms with Gasteiger partial charge in [-0.25, -0.2) is 19.2 Å². The Morgan fingerprint density at radius 3 is 0.841 bits per heavy atom. The van der Waals surface area contributed by atoms with Crippen molar-refractivity contribution in [2.75, 3.05) is 52.9 Å². The Hall–Kier alpha value is -10.2. The number of aryl methyl sites for hydroxylation is 2. The van der Waals surface area contributed by atoms with Crippen molar-refractivity contribution >= 4 is 23.9 Å². The molecule has 0 spiro atoms.